The third-order valence-electron chi connectivity index (χ3n) is 3.88. The molecule has 1 aliphatic rings. The SMILES string of the molecule is CCCn1ncnc1CC(=O)CC1(N)CCCCC1. The van der Waals surface area contributed by atoms with E-state index in [0.717, 1.165) is 44.5 Å². The van der Waals surface area contributed by atoms with Crippen molar-refractivity contribution in [2.45, 2.75) is 70.4 Å². The molecule has 1 aromatic rings. The largest absolute Gasteiger partial charge is 0.325 e. The molecule has 1 fully saturated rings. The zero-order valence-electron chi connectivity index (χ0n) is 11.8. The van der Waals surface area contributed by atoms with Crippen LogP contribution < -0.4 is 5.73 Å². The lowest BCUT2D eigenvalue weighted by Crippen LogP contribution is -2.43. The van der Waals surface area contributed by atoms with Gasteiger partial charge in [0.1, 0.15) is 17.9 Å². The third kappa shape index (κ3) is 3.86. The second kappa shape index (κ2) is 6.28. The molecule has 0 bridgehead atoms. The first-order valence-electron chi connectivity index (χ1n) is 7.30. The van der Waals surface area contributed by atoms with E-state index >= 15 is 0 Å². The molecular formula is C14H24N4O. The summed E-state index contributed by atoms with van der Waals surface area (Å²) in [5.41, 5.74) is 6.05. The van der Waals surface area contributed by atoms with E-state index in [2.05, 4.69) is 17.0 Å². The second-order valence-corrected chi connectivity index (χ2v) is 5.71. The molecule has 5 nitrogen and oxygen atoms in total. The van der Waals surface area contributed by atoms with Gasteiger partial charge in [0.25, 0.3) is 0 Å². The Kier molecular flexibility index (Phi) is 4.69. The Morgan fingerprint density at radius 2 is 2.16 bits per heavy atom. The molecule has 19 heavy (non-hydrogen) atoms. The van der Waals surface area contributed by atoms with Gasteiger partial charge in [-0.1, -0.05) is 26.2 Å². The number of aryl methyl sites for hydroxylation is 1. The predicted octanol–water partition coefficient (Wildman–Crippen LogP) is 1.85. The average Bonchev–Trinajstić information content (AvgIpc) is 2.77. The average molecular weight is 264 g/mol. The number of carbonyl (C=O) groups is 1. The summed E-state index contributed by atoms with van der Waals surface area (Å²) in [5, 5.41) is 4.15. The molecule has 0 saturated heterocycles. The Labute approximate surface area is 114 Å². The maximum Gasteiger partial charge on any atom is 0.142 e. The number of aromatic nitrogens is 3. The van der Waals surface area contributed by atoms with Crippen LogP contribution in [0.25, 0.3) is 0 Å². The van der Waals surface area contributed by atoms with E-state index in [0.29, 0.717) is 12.8 Å². The molecule has 0 aliphatic heterocycles. The fourth-order valence-electron chi connectivity index (χ4n) is 2.89. The Morgan fingerprint density at radius 3 is 2.84 bits per heavy atom. The van der Waals surface area contributed by atoms with Gasteiger partial charge in [0, 0.05) is 18.5 Å². The van der Waals surface area contributed by atoms with E-state index in [1.54, 1.807) is 0 Å². The fourth-order valence-corrected chi connectivity index (χ4v) is 2.89. The maximum atomic E-state index is 12.2. The molecule has 0 unspecified atom stereocenters. The summed E-state index contributed by atoms with van der Waals surface area (Å²) in [6.45, 7) is 2.90. The molecule has 2 rings (SSSR count). The lowest BCUT2D eigenvalue weighted by Gasteiger charge is -2.32. The molecular weight excluding hydrogens is 240 g/mol. The van der Waals surface area contributed by atoms with Gasteiger partial charge in [-0.25, -0.2) is 9.67 Å². The quantitative estimate of drug-likeness (QED) is 0.851. The van der Waals surface area contributed by atoms with Gasteiger partial charge in [-0.15, -0.1) is 0 Å². The number of hydrogen-bond acceptors (Lipinski definition) is 4. The van der Waals surface area contributed by atoms with Crippen molar-refractivity contribution in [3.8, 4) is 0 Å². The number of carbonyl (C=O) groups excluding carboxylic acids is 1. The van der Waals surface area contributed by atoms with Crippen molar-refractivity contribution in [2.75, 3.05) is 0 Å². The molecule has 1 heterocycles. The topological polar surface area (TPSA) is 73.8 Å². The summed E-state index contributed by atoms with van der Waals surface area (Å²) in [4.78, 5) is 16.4. The third-order valence-corrected chi connectivity index (χ3v) is 3.88. The molecule has 1 aliphatic carbocycles. The predicted molar refractivity (Wildman–Crippen MR) is 73.6 cm³/mol. The van der Waals surface area contributed by atoms with Gasteiger partial charge in [0.15, 0.2) is 0 Å². The van der Waals surface area contributed by atoms with Crippen LogP contribution in [0.5, 0.6) is 0 Å². The van der Waals surface area contributed by atoms with E-state index in [1.807, 2.05) is 4.68 Å². The lowest BCUT2D eigenvalue weighted by atomic mass is 9.79. The molecule has 106 valence electrons. The smallest absolute Gasteiger partial charge is 0.142 e. The Bertz CT molecular complexity index is 421. The van der Waals surface area contributed by atoms with E-state index in [-0.39, 0.29) is 11.3 Å². The highest BCUT2D eigenvalue weighted by Gasteiger charge is 2.30. The van der Waals surface area contributed by atoms with Crippen molar-refractivity contribution in [2.24, 2.45) is 5.73 Å². The minimum atomic E-state index is -0.273. The Morgan fingerprint density at radius 1 is 1.42 bits per heavy atom. The highest BCUT2D eigenvalue weighted by molar-refractivity contribution is 5.81. The fraction of sp³-hybridized carbons (Fsp3) is 0.786. The van der Waals surface area contributed by atoms with Gasteiger partial charge in [0.05, 0.1) is 6.42 Å². The summed E-state index contributed by atoms with van der Waals surface area (Å²) in [5.74, 6) is 0.959. The van der Waals surface area contributed by atoms with E-state index < -0.39 is 0 Å². The Hall–Kier alpha value is -1.23. The van der Waals surface area contributed by atoms with E-state index in [1.165, 1.54) is 12.7 Å². The van der Waals surface area contributed by atoms with Crippen LogP contribution in [0.1, 0.15) is 57.7 Å². The monoisotopic (exact) mass is 264 g/mol. The van der Waals surface area contributed by atoms with Crippen molar-refractivity contribution in [3.63, 3.8) is 0 Å². The number of nitrogens with zero attached hydrogens (tertiary/aromatic N) is 3. The summed E-state index contributed by atoms with van der Waals surface area (Å²) in [6, 6.07) is 0. The first-order chi connectivity index (χ1) is 9.13. The number of hydrogen-bond donors (Lipinski definition) is 1. The van der Waals surface area contributed by atoms with Crippen LogP contribution in [0.15, 0.2) is 6.33 Å². The molecule has 1 aromatic heterocycles. The van der Waals surface area contributed by atoms with Crippen LogP contribution in [0.2, 0.25) is 0 Å². The minimum Gasteiger partial charge on any atom is -0.325 e. The van der Waals surface area contributed by atoms with Crippen LogP contribution in [-0.2, 0) is 17.8 Å². The van der Waals surface area contributed by atoms with Crippen LogP contribution >= 0.6 is 0 Å². The zero-order chi connectivity index (χ0) is 13.7. The minimum absolute atomic E-state index is 0.190. The molecule has 0 radical (unpaired) electrons. The molecule has 0 atom stereocenters. The van der Waals surface area contributed by atoms with Crippen molar-refractivity contribution in [1.82, 2.24) is 14.8 Å². The molecule has 0 spiro atoms. The molecule has 5 heteroatoms. The van der Waals surface area contributed by atoms with Gasteiger partial charge >= 0.3 is 0 Å². The number of ketones is 1. The normalized spacial score (nSPS) is 18.4. The van der Waals surface area contributed by atoms with Crippen molar-refractivity contribution in [1.29, 1.82) is 0 Å². The van der Waals surface area contributed by atoms with Crippen molar-refractivity contribution in [3.05, 3.63) is 12.2 Å². The first-order valence-corrected chi connectivity index (χ1v) is 7.30. The summed E-state index contributed by atoms with van der Waals surface area (Å²) in [7, 11) is 0. The van der Waals surface area contributed by atoms with E-state index in [9.17, 15) is 4.79 Å². The standard InChI is InChI=1S/C14H24N4O/c1-2-8-18-13(16-11-17-18)9-12(19)10-14(15)6-4-3-5-7-14/h11H,2-10,15H2,1H3. The van der Waals surface area contributed by atoms with Gasteiger partial charge in [-0.05, 0) is 19.3 Å². The molecule has 1 saturated carbocycles. The van der Waals surface area contributed by atoms with Crippen LogP contribution in [-0.4, -0.2) is 26.1 Å². The van der Waals surface area contributed by atoms with Crippen molar-refractivity contribution >= 4 is 5.78 Å². The molecule has 2 N–H and O–H groups in total. The zero-order valence-corrected chi connectivity index (χ0v) is 11.8. The Balaban J connectivity index is 1.91. The summed E-state index contributed by atoms with van der Waals surface area (Å²) >= 11 is 0. The van der Waals surface area contributed by atoms with Gasteiger partial charge in [-0.3, -0.25) is 4.79 Å². The number of rotatable bonds is 6. The lowest BCUT2D eigenvalue weighted by molar-refractivity contribution is -0.120. The highest BCUT2D eigenvalue weighted by atomic mass is 16.1. The molecule has 0 amide bonds. The second-order valence-electron chi connectivity index (χ2n) is 5.71. The van der Waals surface area contributed by atoms with Crippen LogP contribution in [0, 0.1) is 0 Å². The summed E-state index contributed by atoms with van der Waals surface area (Å²) in [6.07, 6.45) is 8.84. The first kappa shape index (κ1) is 14.2. The van der Waals surface area contributed by atoms with Gasteiger partial charge < -0.3 is 5.73 Å². The van der Waals surface area contributed by atoms with Gasteiger partial charge in [0.2, 0.25) is 0 Å². The number of nitrogens with two attached hydrogens (primary N) is 1. The summed E-state index contributed by atoms with van der Waals surface area (Å²) < 4.78 is 1.82. The van der Waals surface area contributed by atoms with E-state index in [4.69, 9.17) is 5.73 Å². The highest BCUT2D eigenvalue weighted by Crippen LogP contribution is 2.29. The maximum absolute atomic E-state index is 12.2. The number of Topliss-reactive ketones (excluding diaryl/α,β-unsaturated/α-hetero) is 1. The van der Waals surface area contributed by atoms with Crippen molar-refractivity contribution < 1.29 is 4.79 Å². The van der Waals surface area contributed by atoms with Crippen LogP contribution in [0.4, 0.5) is 0 Å². The molecule has 0 aromatic carbocycles. The van der Waals surface area contributed by atoms with Gasteiger partial charge in [-0.2, -0.15) is 5.10 Å². The van der Waals surface area contributed by atoms with Crippen LogP contribution in [0.3, 0.4) is 0 Å².